The van der Waals surface area contributed by atoms with Gasteiger partial charge in [-0.05, 0) is 32.8 Å². The lowest BCUT2D eigenvalue weighted by atomic mass is 10.1. The first-order valence-electron chi connectivity index (χ1n) is 6.94. The fourth-order valence-corrected chi connectivity index (χ4v) is 1.89. The summed E-state index contributed by atoms with van der Waals surface area (Å²) in [5.74, 6) is 1.61. The maximum Gasteiger partial charge on any atom is 0.168 e. The van der Waals surface area contributed by atoms with Crippen molar-refractivity contribution in [3.8, 4) is 11.5 Å². The fraction of sp³-hybridized carbons (Fsp3) is 0.500. The SMILES string of the molecule is COc1cccc(C=CCNC2CC2)c1OC(C)C. The van der Waals surface area contributed by atoms with Crippen LogP contribution < -0.4 is 14.8 Å². The first-order valence-corrected chi connectivity index (χ1v) is 6.94. The zero-order valence-corrected chi connectivity index (χ0v) is 12.0. The van der Waals surface area contributed by atoms with Crippen molar-refractivity contribution in [1.82, 2.24) is 5.32 Å². The van der Waals surface area contributed by atoms with Gasteiger partial charge >= 0.3 is 0 Å². The fourth-order valence-electron chi connectivity index (χ4n) is 1.89. The summed E-state index contributed by atoms with van der Waals surface area (Å²) in [6.07, 6.45) is 6.99. The van der Waals surface area contributed by atoms with Crippen molar-refractivity contribution in [3.05, 3.63) is 29.8 Å². The van der Waals surface area contributed by atoms with Gasteiger partial charge < -0.3 is 14.8 Å². The molecule has 0 unspecified atom stereocenters. The highest BCUT2D eigenvalue weighted by Crippen LogP contribution is 2.32. The van der Waals surface area contributed by atoms with Gasteiger partial charge in [-0.15, -0.1) is 0 Å². The second-order valence-corrected chi connectivity index (χ2v) is 5.13. The summed E-state index contributed by atoms with van der Waals surface area (Å²) in [7, 11) is 1.67. The van der Waals surface area contributed by atoms with E-state index in [4.69, 9.17) is 9.47 Å². The molecule has 19 heavy (non-hydrogen) atoms. The molecule has 0 heterocycles. The standard InChI is InChI=1S/C16H23NO2/c1-12(2)19-16-13(6-4-8-15(16)18-3)7-5-11-17-14-9-10-14/h4-8,12,14,17H,9-11H2,1-3H3. The summed E-state index contributed by atoms with van der Waals surface area (Å²) in [6, 6.07) is 6.70. The predicted molar refractivity (Wildman–Crippen MR) is 78.8 cm³/mol. The highest BCUT2D eigenvalue weighted by Gasteiger charge is 2.19. The van der Waals surface area contributed by atoms with E-state index < -0.39 is 0 Å². The van der Waals surface area contributed by atoms with Crippen molar-refractivity contribution in [1.29, 1.82) is 0 Å². The van der Waals surface area contributed by atoms with E-state index in [9.17, 15) is 0 Å². The summed E-state index contributed by atoms with van der Waals surface area (Å²) in [4.78, 5) is 0. The van der Waals surface area contributed by atoms with Crippen LogP contribution in [0.25, 0.3) is 6.08 Å². The van der Waals surface area contributed by atoms with Crippen LogP contribution in [0.4, 0.5) is 0 Å². The molecule has 3 nitrogen and oxygen atoms in total. The molecule has 1 aliphatic rings. The topological polar surface area (TPSA) is 30.5 Å². The molecule has 1 N–H and O–H groups in total. The van der Waals surface area contributed by atoms with Gasteiger partial charge in [-0.25, -0.2) is 0 Å². The highest BCUT2D eigenvalue weighted by atomic mass is 16.5. The molecule has 0 amide bonds. The van der Waals surface area contributed by atoms with Gasteiger partial charge in [0.05, 0.1) is 13.2 Å². The van der Waals surface area contributed by atoms with Gasteiger partial charge in [-0.1, -0.05) is 24.3 Å². The number of ether oxygens (including phenoxy) is 2. The van der Waals surface area contributed by atoms with Crippen LogP contribution >= 0.6 is 0 Å². The van der Waals surface area contributed by atoms with E-state index in [1.54, 1.807) is 7.11 Å². The third kappa shape index (κ3) is 4.28. The van der Waals surface area contributed by atoms with Crippen molar-refractivity contribution in [2.75, 3.05) is 13.7 Å². The number of benzene rings is 1. The number of nitrogens with one attached hydrogen (secondary N) is 1. The van der Waals surface area contributed by atoms with Crippen LogP contribution in [0.3, 0.4) is 0 Å². The molecule has 3 heteroatoms. The maximum atomic E-state index is 5.86. The van der Waals surface area contributed by atoms with Gasteiger partial charge in [-0.3, -0.25) is 0 Å². The van der Waals surface area contributed by atoms with Crippen LogP contribution in [-0.2, 0) is 0 Å². The Balaban J connectivity index is 2.07. The average molecular weight is 261 g/mol. The maximum absolute atomic E-state index is 5.86. The largest absolute Gasteiger partial charge is 0.493 e. The van der Waals surface area contributed by atoms with Gasteiger partial charge in [0.15, 0.2) is 11.5 Å². The first-order chi connectivity index (χ1) is 9.20. The van der Waals surface area contributed by atoms with E-state index in [0.717, 1.165) is 29.6 Å². The Kier molecular flexibility index (Phi) is 4.86. The van der Waals surface area contributed by atoms with Crippen molar-refractivity contribution in [3.63, 3.8) is 0 Å². The van der Waals surface area contributed by atoms with Gasteiger partial charge in [-0.2, -0.15) is 0 Å². The minimum atomic E-state index is 0.132. The van der Waals surface area contributed by atoms with Gasteiger partial charge in [0.2, 0.25) is 0 Å². The minimum absolute atomic E-state index is 0.132. The highest BCUT2D eigenvalue weighted by molar-refractivity contribution is 5.62. The number of rotatable bonds is 7. The molecule has 0 bridgehead atoms. The number of para-hydroxylation sites is 1. The molecule has 1 aliphatic carbocycles. The molecular weight excluding hydrogens is 238 g/mol. The van der Waals surface area contributed by atoms with E-state index in [1.165, 1.54) is 12.8 Å². The van der Waals surface area contributed by atoms with Crippen molar-refractivity contribution in [2.45, 2.75) is 38.8 Å². The van der Waals surface area contributed by atoms with Crippen LogP contribution in [0.2, 0.25) is 0 Å². The molecule has 1 fully saturated rings. The van der Waals surface area contributed by atoms with Crippen molar-refractivity contribution < 1.29 is 9.47 Å². The molecule has 1 aromatic carbocycles. The number of hydrogen-bond donors (Lipinski definition) is 1. The Morgan fingerprint density at radius 3 is 2.79 bits per heavy atom. The van der Waals surface area contributed by atoms with Crippen LogP contribution in [0.1, 0.15) is 32.3 Å². The van der Waals surface area contributed by atoms with E-state index in [2.05, 4.69) is 17.5 Å². The molecule has 0 atom stereocenters. The number of methoxy groups -OCH3 is 1. The molecule has 1 saturated carbocycles. The Labute approximate surface area is 115 Å². The summed E-state index contributed by atoms with van der Waals surface area (Å²) < 4.78 is 11.2. The van der Waals surface area contributed by atoms with Crippen LogP contribution in [0, 0.1) is 0 Å². The lowest BCUT2D eigenvalue weighted by Gasteiger charge is -2.15. The monoisotopic (exact) mass is 261 g/mol. The Morgan fingerprint density at radius 1 is 1.37 bits per heavy atom. The summed E-state index contributed by atoms with van der Waals surface area (Å²) in [5, 5.41) is 3.46. The van der Waals surface area contributed by atoms with Crippen LogP contribution in [-0.4, -0.2) is 25.8 Å². The van der Waals surface area contributed by atoms with Gasteiger partial charge in [0, 0.05) is 18.2 Å². The molecule has 104 valence electrons. The molecule has 1 aromatic rings. The number of hydrogen-bond acceptors (Lipinski definition) is 3. The second-order valence-electron chi connectivity index (χ2n) is 5.13. The molecule has 0 aliphatic heterocycles. The third-order valence-corrected chi connectivity index (χ3v) is 2.98. The Morgan fingerprint density at radius 2 is 2.16 bits per heavy atom. The quantitative estimate of drug-likeness (QED) is 0.817. The summed E-state index contributed by atoms with van der Waals surface area (Å²) in [5.41, 5.74) is 1.06. The lowest BCUT2D eigenvalue weighted by Crippen LogP contribution is -2.15. The van der Waals surface area contributed by atoms with Gasteiger partial charge in [0.25, 0.3) is 0 Å². The Bertz CT molecular complexity index is 436. The Hall–Kier alpha value is -1.48. The lowest BCUT2D eigenvalue weighted by molar-refractivity contribution is 0.229. The zero-order chi connectivity index (χ0) is 13.7. The molecule has 2 rings (SSSR count). The van der Waals surface area contributed by atoms with E-state index >= 15 is 0 Å². The van der Waals surface area contributed by atoms with Crippen molar-refractivity contribution in [2.24, 2.45) is 0 Å². The molecule has 0 aromatic heterocycles. The molecule has 0 saturated heterocycles. The molecule has 0 spiro atoms. The van der Waals surface area contributed by atoms with Crippen LogP contribution in [0.5, 0.6) is 11.5 Å². The van der Waals surface area contributed by atoms with E-state index in [-0.39, 0.29) is 6.10 Å². The van der Waals surface area contributed by atoms with Crippen molar-refractivity contribution >= 4 is 6.08 Å². The normalized spacial score (nSPS) is 15.2. The minimum Gasteiger partial charge on any atom is -0.493 e. The second kappa shape index (κ2) is 6.62. The average Bonchev–Trinajstić information content (AvgIpc) is 3.19. The molecular formula is C16H23NO2. The summed E-state index contributed by atoms with van der Waals surface area (Å²) in [6.45, 7) is 4.95. The summed E-state index contributed by atoms with van der Waals surface area (Å²) >= 11 is 0. The molecule has 0 radical (unpaired) electrons. The smallest absolute Gasteiger partial charge is 0.168 e. The van der Waals surface area contributed by atoms with Gasteiger partial charge in [0.1, 0.15) is 0 Å². The first kappa shape index (κ1) is 13.9. The van der Waals surface area contributed by atoms with E-state index in [0.29, 0.717) is 0 Å². The van der Waals surface area contributed by atoms with E-state index in [1.807, 2.05) is 32.0 Å². The third-order valence-electron chi connectivity index (χ3n) is 2.98. The van der Waals surface area contributed by atoms with Crippen LogP contribution in [0.15, 0.2) is 24.3 Å². The zero-order valence-electron chi connectivity index (χ0n) is 12.0. The predicted octanol–water partition coefficient (Wildman–Crippen LogP) is 3.25.